The van der Waals surface area contributed by atoms with Gasteiger partial charge in [-0.05, 0) is 31.2 Å². The summed E-state index contributed by atoms with van der Waals surface area (Å²) < 4.78 is 58.8. The van der Waals surface area contributed by atoms with Crippen molar-refractivity contribution >= 4 is 32.8 Å². The van der Waals surface area contributed by atoms with Gasteiger partial charge >= 0.3 is 12.5 Å². The number of rotatable bonds is 8. The summed E-state index contributed by atoms with van der Waals surface area (Å²) in [6.07, 6.45) is 0. The number of para-hydroxylation sites is 2. The summed E-state index contributed by atoms with van der Waals surface area (Å²) in [7, 11) is -4.03. The van der Waals surface area contributed by atoms with E-state index in [4.69, 9.17) is 4.74 Å². The van der Waals surface area contributed by atoms with Crippen LogP contribution in [0, 0.1) is 0 Å². The van der Waals surface area contributed by atoms with Crippen molar-refractivity contribution in [3.63, 3.8) is 0 Å². The summed E-state index contributed by atoms with van der Waals surface area (Å²) >= 11 is 0. The van der Waals surface area contributed by atoms with Crippen LogP contribution in [0.15, 0.2) is 53.4 Å². The summed E-state index contributed by atoms with van der Waals surface area (Å²) in [6.45, 7) is -2.79. The minimum Gasteiger partial charge on any atom is -0.457 e. The highest BCUT2D eigenvalue weighted by atomic mass is 32.2. The van der Waals surface area contributed by atoms with Crippen LogP contribution in [-0.2, 0) is 26.2 Å². The summed E-state index contributed by atoms with van der Waals surface area (Å²) in [5.41, 5.74) is 0.849. The Morgan fingerprint density at radius 3 is 2.43 bits per heavy atom. The van der Waals surface area contributed by atoms with Crippen molar-refractivity contribution in [2.75, 3.05) is 6.54 Å². The minimum absolute atomic E-state index is 0.139. The van der Waals surface area contributed by atoms with Crippen LogP contribution >= 0.6 is 0 Å². The molecular formula is C19H17F2N3O5S. The standard InChI is InChI=1S/C19H17F2N3O5S/c1-12(25)13-6-8-14(9-7-13)30(27,28)22-10-18(26)29-11-17-23-15-4-2-3-5-16(15)24(17)19(20)21/h2-9,19,22H,10-11H2,1H3. The molecule has 0 aliphatic rings. The van der Waals surface area contributed by atoms with Gasteiger partial charge in [0, 0.05) is 5.56 Å². The third-order valence-corrected chi connectivity index (χ3v) is 5.62. The number of nitrogens with one attached hydrogen (secondary N) is 1. The number of aromatic nitrogens is 2. The number of sulfonamides is 1. The number of nitrogens with zero attached hydrogens (tertiary/aromatic N) is 2. The zero-order chi connectivity index (χ0) is 21.9. The van der Waals surface area contributed by atoms with E-state index < -0.39 is 35.7 Å². The summed E-state index contributed by atoms with van der Waals surface area (Å²) in [5, 5.41) is 0. The Bertz CT molecular complexity index is 1190. The van der Waals surface area contributed by atoms with Crippen LogP contribution in [0.3, 0.4) is 0 Å². The van der Waals surface area contributed by atoms with E-state index in [2.05, 4.69) is 9.71 Å². The molecule has 11 heteroatoms. The van der Waals surface area contributed by atoms with Crippen LogP contribution in [0.2, 0.25) is 0 Å². The molecule has 3 aromatic rings. The number of halogens is 2. The number of imidazole rings is 1. The highest BCUT2D eigenvalue weighted by Crippen LogP contribution is 2.23. The second-order valence-corrected chi connectivity index (χ2v) is 8.00. The molecule has 0 amide bonds. The van der Waals surface area contributed by atoms with Gasteiger partial charge in [0.05, 0.1) is 15.9 Å². The van der Waals surface area contributed by atoms with E-state index in [1.54, 1.807) is 18.2 Å². The normalized spacial score (nSPS) is 11.7. The highest BCUT2D eigenvalue weighted by Gasteiger charge is 2.20. The Balaban J connectivity index is 1.63. The van der Waals surface area contributed by atoms with Crippen LogP contribution in [0.4, 0.5) is 8.78 Å². The predicted octanol–water partition coefficient (Wildman–Crippen LogP) is 2.66. The third kappa shape index (κ3) is 4.69. The molecule has 30 heavy (non-hydrogen) atoms. The molecule has 1 N–H and O–H groups in total. The molecule has 0 saturated carbocycles. The predicted molar refractivity (Wildman–Crippen MR) is 102 cm³/mol. The number of Topliss-reactive ketones (excluding diaryl/α,β-unsaturated/α-hetero) is 1. The average molecular weight is 437 g/mol. The molecule has 1 heterocycles. The van der Waals surface area contributed by atoms with Gasteiger partial charge in [0.2, 0.25) is 10.0 Å². The summed E-state index contributed by atoms with van der Waals surface area (Å²) in [5.74, 6) is -1.35. The van der Waals surface area contributed by atoms with E-state index in [-0.39, 0.29) is 22.0 Å². The third-order valence-electron chi connectivity index (χ3n) is 4.20. The van der Waals surface area contributed by atoms with Gasteiger partial charge in [0.25, 0.3) is 0 Å². The lowest BCUT2D eigenvalue weighted by Gasteiger charge is -2.09. The molecule has 0 radical (unpaired) electrons. The van der Waals surface area contributed by atoms with Crippen LogP contribution in [0.25, 0.3) is 11.0 Å². The van der Waals surface area contributed by atoms with Gasteiger partial charge in [-0.25, -0.2) is 13.4 Å². The molecule has 0 bridgehead atoms. The van der Waals surface area contributed by atoms with Gasteiger partial charge in [-0.1, -0.05) is 24.3 Å². The quantitative estimate of drug-likeness (QED) is 0.429. The largest absolute Gasteiger partial charge is 0.457 e. The zero-order valence-corrected chi connectivity index (χ0v) is 16.5. The molecule has 1 aromatic heterocycles. The fraction of sp³-hybridized carbons (Fsp3) is 0.211. The van der Waals surface area contributed by atoms with Gasteiger partial charge in [-0.2, -0.15) is 13.5 Å². The molecule has 0 atom stereocenters. The van der Waals surface area contributed by atoms with Gasteiger partial charge in [0.15, 0.2) is 11.6 Å². The number of fused-ring (bicyclic) bond motifs is 1. The Hall–Kier alpha value is -3.18. The van der Waals surface area contributed by atoms with Crippen molar-refractivity contribution in [3.05, 3.63) is 59.9 Å². The Labute approximate surface area is 170 Å². The fourth-order valence-corrected chi connectivity index (χ4v) is 3.69. The molecule has 3 rings (SSSR count). The van der Waals surface area contributed by atoms with Gasteiger partial charge < -0.3 is 4.74 Å². The Kier molecular flexibility index (Phi) is 6.22. The van der Waals surface area contributed by atoms with Crippen molar-refractivity contribution < 1.29 is 31.5 Å². The Morgan fingerprint density at radius 2 is 1.80 bits per heavy atom. The molecule has 8 nitrogen and oxygen atoms in total. The lowest BCUT2D eigenvalue weighted by molar-refractivity contribution is -0.144. The maximum Gasteiger partial charge on any atom is 0.321 e. The van der Waals surface area contributed by atoms with Crippen molar-refractivity contribution in [2.45, 2.75) is 25.0 Å². The number of ketones is 1. The minimum atomic E-state index is -4.03. The first kappa shape index (κ1) is 21.5. The van der Waals surface area contributed by atoms with Gasteiger partial charge in [-0.15, -0.1) is 0 Å². The second kappa shape index (κ2) is 8.67. The molecule has 0 spiro atoms. The molecule has 158 valence electrons. The van der Waals surface area contributed by atoms with Crippen LogP contribution in [0.1, 0.15) is 29.7 Å². The maximum atomic E-state index is 13.4. The molecule has 0 unspecified atom stereocenters. The van der Waals surface area contributed by atoms with Crippen molar-refractivity contribution in [3.8, 4) is 0 Å². The average Bonchev–Trinajstić information content (AvgIpc) is 3.09. The van der Waals surface area contributed by atoms with E-state index in [1.807, 2.05) is 0 Å². The molecular weight excluding hydrogens is 420 g/mol. The van der Waals surface area contributed by atoms with E-state index in [9.17, 15) is 26.8 Å². The lowest BCUT2D eigenvalue weighted by Crippen LogP contribution is -2.30. The molecule has 0 saturated heterocycles. The molecule has 0 aliphatic heterocycles. The topological polar surface area (TPSA) is 107 Å². The second-order valence-electron chi connectivity index (χ2n) is 6.23. The number of ether oxygens (including phenoxy) is 1. The molecule has 0 aliphatic carbocycles. The van der Waals surface area contributed by atoms with E-state index in [0.717, 1.165) is 0 Å². The zero-order valence-electron chi connectivity index (χ0n) is 15.7. The van der Waals surface area contributed by atoms with Crippen molar-refractivity contribution in [1.82, 2.24) is 14.3 Å². The van der Waals surface area contributed by atoms with Crippen molar-refractivity contribution in [1.29, 1.82) is 0 Å². The number of carbonyl (C=O) groups excluding carboxylic acids is 2. The van der Waals surface area contributed by atoms with Gasteiger partial charge in [0.1, 0.15) is 13.2 Å². The van der Waals surface area contributed by atoms with E-state index in [0.29, 0.717) is 15.6 Å². The lowest BCUT2D eigenvalue weighted by atomic mass is 10.2. The number of hydrogen-bond acceptors (Lipinski definition) is 6. The number of alkyl halides is 2. The first-order valence-corrected chi connectivity index (χ1v) is 10.2. The van der Waals surface area contributed by atoms with E-state index >= 15 is 0 Å². The van der Waals surface area contributed by atoms with Crippen LogP contribution < -0.4 is 4.72 Å². The number of carbonyl (C=O) groups is 2. The van der Waals surface area contributed by atoms with Crippen molar-refractivity contribution in [2.24, 2.45) is 0 Å². The number of benzene rings is 2. The fourth-order valence-electron chi connectivity index (χ4n) is 2.72. The highest BCUT2D eigenvalue weighted by molar-refractivity contribution is 7.89. The Morgan fingerprint density at radius 1 is 1.13 bits per heavy atom. The van der Waals surface area contributed by atoms with E-state index in [1.165, 1.54) is 37.3 Å². The maximum absolute atomic E-state index is 13.4. The SMILES string of the molecule is CC(=O)c1ccc(S(=O)(=O)NCC(=O)OCc2nc3ccccc3n2C(F)F)cc1. The molecule has 2 aromatic carbocycles. The van der Waals surface area contributed by atoms with Gasteiger partial charge in [-0.3, -0.25) is 14.2 Å². The van der Waals surface area contributed by atoms with Crippen LogP contribution in [0.5, 0.6) is 0 Å². The first-order valence-electron chi connectivity index (χ1n) is 8.69. The summed E-state index contributed by atoms with van der Waals surface area (Å²) in [6, 6.07) is 11.4. The van der Waals surface area contributed by atoms with Crippen LogP contribution in [-0.4, -0.2) is 36.3 Å². The number of hydrogen-bond donors (Lipinski definition) is 1. The molecule has 0 fully saturated rings. The summed E-state index contributed by atoms with van der Waals surface area (Å²) in [4.78, 5) is 27.1. The first-order chi connectivity index (χ1) is 14.2. The smallest absolute Gasteiger partial charge is 0.321 e. The monoisotopic (exact) mass is 437 g/mol. The number of esters is 1.